The first-order valence-electron chi connectivity index (χ1n) is 6.34. The molecule has 18 heavy (non-hydrogen) atoms. The summed E-state index contributed by atoms with van der Waals surface area (Å²) in [6.45, 7) is 3.57. The molecular formula is C13H22N4O+2. The van der Waals surface area contributed by atoms with Crippen LogP contribution in [0.1, 0.15) is 19.5 Å². The molecule has 2 aromatic rings. The average molecular weight is 250 g/mol. The van der Waals surface area contributed by atoms with E-state index in [1.54, 1.807) is 0 Å². The summed E-state index contributed by atoms with van der Waals surface area (Å²) in [5, 5.41) is 0. The molecule has 0 saturated carbocycles. The number of ether oxygens (including phenoxy) is 1. The predicted octanol–water partition coefficient (Wildman–Crippen LogP) is 0.412. The molecule has 0 aliphatic carbocycles. The van der Waals surface area contributed by atoms with Crippen LogP contribution in [0.4, 0.5) is 0 Å². The zero-order chi connectivity index (χ0) is 13.0. The van der Waals surface area contributed by atoms with E-state index in [0.29, 0.717) is 0 Å². The van der Waals surface area contributed by atoms with E-state index < -0.39 is 0 Å². The molecule has 0 fully saturated rings. The SMILES string of the molecule is CCOCCC(n1cc[n+](C)c1)n1cc[n+](C)c1. The second kappa shape index (κ2) is 5.82. The summed E-state index contributed by atoms with van der Waals surface area (Å²) in [5.41, 5.74) is 0. The highest BCUT2D eigenvalue weighted by Gasteiger charge is 2.22. The molecule has 0 saturated heterocycles. The lowest BCUT2D eigenvalue weighted by molar-refractivity contribution is -0.672. The van der Waals surface area contributed by atoms with Crippen LogP contribution in [0.25, 0.3) is 0 Å². The molecule has 0 amide bonds. The summed E-state index contributed by atoms with van der Waals surface area (Å²) < 4.78 is 14.0. The maximum absolute atomic E-state index is 5.48. The van der Waals surface area contributed by atoms with Crippen molar-refractivity contribution in [3.8, 4) is 0 Å². The molecule has 0 spiro atoms. The minimum absolute atomic E-state index is 0.263. The number of hydrogen-bond donors (Lipinski definition) is 0. The summed E-state index contributed by atoms with van der Waals surface area (Å²) in [6, 6.07) is 0. The monoisotopic (exact) mass is 250 g/mol. The molecule has 0 radical (unpaired) electrons. The van der Waals surface area contributed by atoms with Crippen molar-refractivity contribution in [2.75, 3.05) is 13.2 Å². The van der Waals surface area contributed by atoms with Crippen LogP contribution >= 0.6 is 0 Å². The van der Waals surface area contributed by atoms with Crippen LogP contribution < -0.4 is 9.13 Å². The van der Waals surface area contributed by atoms with Crippen LogP contribution in [0.15, 0.2) is 37.4 Å². The summed E-state index contributed by atoms with van der Waals surface area (Å²) in [5.74, 6) is 0. The minimum Gasteiger partial charge on any atom is -0.381 e. The van der Waals surface area contributed by atoms with Gasteiger partial charge in [-0.2, -0.15) is 9.13 Å². The van der Waals surface area contributed by atoms with E-state index in [1.165, 1.54) is 0 Å². The Morgan fingerprint density at radius 1 is 1.06 bits per heavy atom. The fraction of sp³-hybridized carbons (Fsp3) is 0.538. The van der Waals surface area contributed by atoms with E-state index in [0.717, 1.165) is 19.6 Å². The van der Waals surface area contributed by atoms with Crippen LogP contribution in [0.3, 0.4) is 0 Å². The molecule has 0 aliphatic rings. The highest BCUT2D eigenvalue weighted by molar-refractivity contribution is 4.80. The Labute approximate surface area is 108 Å². The highest BCUT2D eigenvalue weighted by Crippen LogP contribution is 2.13. The topological polar surface area (TPSA) is 26.8 Å². The summed E-state index contributed by atoms with van der Waals surface area (Å²) in [6.07, 6.45) is 13.7. The van der Waals surface area contributed by atoms with E-state index in [4.69, 9.17) is 4.74 Å². The quantitative estimate of drug-likeness (QED) is 0.539. The Hall–Kier alpha value is -1.62. The first-order valence-corrected chi connectivity index (χ1v) is 6.34. The molecule has 98 valence electrons. The summed E-state index contributed by atoms with van der Waals surface area (Å²) in [4.78, 5) is 0. The first-order chi connectivity index (χ1) is 8.70. The Balaban J connectivity index is 2.17. The molecule has 0 aliphatic heterocycles. The van der Waals surface area contributed by atoms with Gasteiger partial charge in [-0.05, 0) is 6.92 Å². The third-order valence-electron chi connectivity index (χ3n) is 2.99. The van der Waals surface area contributed by atoms with Crippen LogP contribution in [0.2, 0.25) is 0 Å². The van der Waals surface area contributed by atoms with Gasteiger partial charge in [0.1, 0.15) is 24.8 Å². The van der Waals surface area contributed by atoms with Crippen molar-refractivity contribution in [1.82, 2.24) is 9.13 Å². The number of rotatable bonds is 6. The molecule has 0 bridgehead atoms. The largest absolute Gasteiger partial charge is 0.381 e. The number of imidazole rings is 2. The Morgan fingerprint density at radius 2 is 1.61 bits per heavy atom. The maximum atomic E-state index is 5.48. The lowest BCUT2D eigenvalue weighted by atomic mass is 10.3. The van der Waals surface area contributed by atoms with Crippen molar-refractivity contribution in [2.24, 2.45) is 14.1 Å². The number of nitrogens with zero attached hydrogens (tertiary/aromatic N) is 4. The Kier molecular flexibility index (Phi) is 4.15. The Bertz CT molecular complexity index is 448. The third kappa shape index (κ3) is 2.98. The number of hydrogen-bond acceptors (Lipinski definition) is 1. The second-order valence-corrected chi connectivity index (χ2v) is 4.52. The maximum Gasteiger partial charge on any atom is 0.246 e. The molecule has 0 N–H and O–H groups in total. The number of aromatic nitrogens is 4. The van der Waals surface area contributed by atoms with E-state index in [9.17, 15) is 0 Å². The van der Waals surface area contributed by atoms with Gasteiger partial charge in [-0.3, -0.25) is 0 Å². The lowest BCUT2D eigenvalue weighted by Gasteiger charge is -2.10. The molecular weight excluding hydrogens is 228 g/mol. The van der Waals surface area contributed by atoms with Gasteiger partial charge >= 0.3 is 0 Å². The van der Waals surface area contributed by atoms with Crippen LogP contribution in [-0.4, -0.2) is 22.3 Å². The van der Waals surface area contributed by atoms with Crippen molar-refractivity contribution in [3.63, 3.8) is 0 Å². The van der Waals surface area contributed by atoms with Gasteiger partial charge in [0, 0.05) is 6.61 Å². The average Bonchev–Trinajstić information content (AvgIpc) is 2.94. The van der Waals surface area contributed by atoms with Crippen molar-refractivity contribution in [2.45, 2.75) is 19.5 Å². The zero-order valence-corrected chi connectivity index (χ0v) is 11.4. The zero-order valence-electron chi connectivity index (χ0n) is 11.4. The van der Waals surface area contributed by atoms with Crippen molar-refractivity contribution >= 4 is 0 Å². The molecule has 0 unspecified atom stereocenters. The van der Waals surface area contributed by atoms with E-state index in [2.05, 4.69) is 55.7 Å². The van der Waals surface area contributed by atoms with Crippen molar-refractivity contribution in [3.05, 3.63) is 37.4 Å². The molecule has 0 atom stereocenters. The van der Waals surface area contributed by atoms with E-state index in [-0.39, 0.29) is 6.17 Å². The predicted molar refractivity (Wildman–Crippen MR) is 66.8 cm³/mol. The van der Waals surface area contributed by atoms with Crippen LogP contribution in [0, 0.1) is 0 Å². The molecule has 2 aromatic heterocycles. The lowest BCUT2D eigenvalue weighted by Crippen LogP contribution is -2.28. The van der Waals surface area contributed by atoms with Gasteiger partial charge in [-0.15, -0.1) is 0 Å². The van der Waals surface area contributed by atoms with Gasteiger partial charge < -0.3 is 4.74 Å². The summed E-state index contributed by atoms with van der Waals surface area (Å²) in [7, 11) is 4.07. The van der Waals surface area contributed by atoms with Crippen LogP contribution in [0.5, 0.6) is 0 Å². The molecule has 5 nitrogen and oxygen atoms in total. The van der Waals surface area contributed by atoms with Crippen LogP contribution in [-0.2, 0) is 18.8 Å². The second-order valence-electron chi connectivity index (χ2n) is 4.52. The van der Waals surface area contributed by atoms with Crippen molar-refractivity contribution in [1.29, 1.82) is 0 Å². The van der Waals surface area contributed by atoms with Crippen molar-refractivity contribution < 1.29 is 13.9 Å². The van der Waals surface area contributed by atoms with Gasteiger partial charge in [0.15, 0.2) is 0 Å². The van der Waals surface area contributed by atoms with E-state index in [1.807, 2.05) is 21.0 Å². The molecule has 2 rings (SSSR count). The highest BCUT2D eigenvalue weighted by atomic mass is 16.5. The summed E-state index contributed by atoms with van der Waals surface area (Å²) >= 11 is 0. The van der Waals surface area contributed by atoms with Gasteiger partial charge in [-0.25, -0.2) is 9.13 Å². The van der Waals surface area contributed by atoms with Gasteiger partial charge in [0.25, 0.3) is 0 Å². The number of aryl methyl sites for hydroxylation is 2. The van der Waals surface area contributed by atoms with Gasteiger partial charge in [0.2, 0.25) is 18.8 Å². The smallest absolute Gasteiger partial charge is 0.246 e. The normalized spacial score (nSPS) is 11.3. The molecule has 0 aromatic carbocycles. The van der Waals surface area contributed by atoms with Gasteiger partial charge in [0.05, 0.1) is 27.1 Å². The fourth-order valence-electron chi connectivity index (χ4n) is 2.08. The van der Waals surface area contributed by atoms with E-state index >= 15 is 0 Å². The molecule has 5 heteroatoms. The fourth-order valence-corrected chi connectivity index (χ4v) is 2.08. The standard InChI is InChI=1S/C13H22N4O/c1-4-18-10-5-13(16-8-6-14(2)11-16)17-9-7-15(3)12-17/h6-9,11-13H,4-5,10H2,1-3H3/q+2. The Morgan fingerprint density at radius 3 is 2.00 bits per heavy atom. The third-order valence-corrected chi connectivity index (χ3v) is 2.99. The minimum atomic E-state index is 0.263. The first kappa shape index (κ1) is 12.8. The van der Waals surface area contributed by atoms with Gasteiger partial charge in [-0.1, -0.05) is 0 Å². The molecule has 2 heterocycles.